The molecule has 1 unspecified atom stereocenters. The van der Waals surface area contributed by atoms with E-state index in [1.807, 2.05) is 0 Å². The smallest absolute Gasteiger partial charge is 0.141 e. The molecule has 0 fully saturated rings. The van der Waals surface area contributed by atoms with Crippen molar-refractivity contribution >= 4 is 59.8 Å². The highest BCUT2D eigenvalue weighted by Crippen LogP contribution is 2.32. The number of rotatable bonds is 5. The minimum atomic E-state index is 0.199. The summed E-state index contributed by atoms with van der Waals surface area (Å²) in [6.07, 6.45) is 0. The van der Waals surface area contributed by atoms with Crippen molar-refractivity contribution in [1.82, 2.24) is 0 Å². The van der Waals surface area contributed by atoms with Gasteiger partial charge in [-0.3, -0.25) is 0 Å². The molecule has 0 aromatic heterocycles. The van der Waals surface area contributed by atoms with Gasteiger partial charge in [0.25, 0.3) is 0 Å². The monoisotopic (exact) mass is 368 g/mol. The van der Waals surface area contributed by atoms with Crippen LogP contribution >= 0.6 is 25.3 Å². The molecular weight excluding hydrogens is 337 g/mol. The molecule has 0 radical (unpaired) electrons. The second-order valence-electron chi connectivity index (χ2n) is 7.60. The van der Waals surface area contributed by atoms with Gasteiger partial charge in [-0.1, -0.05) is 54.0 Å². The predicted molar refractivity (Wildman–Crippen MR) is 130 cm³/mol. The summed E-state index contributed by atoms with van der Waals surface area (Å²) in [5, 5.41) is 0.199. The van der Waals surface area contributed by atoms with Crippen molar-refractivity contribution in [3.63, 3.8) is 0 Å². The Hall–Kier alpha value is -0.665. The first-order chi connectivity index (χ1) is 11.4. The number of hydrogen-bond donors (Lipinski definition) is 2. The van der Waals surface area contributed by atoms with Crippen LogP contribution in [-0.4, -0.2) is 28.8 Å². The largest absolute Gasteiger partial charge is 0.171 e. The van der Waals surface area contributed by atoms with E-state index in [1.54, 1.807) is 0 Å². The SMILES string of the molecule is BC(/C(B)=C(\C(=C)C)C(S)C(C)C)=C(/C)c1cc(C)c(S)c(B)c1C. The average Bonchev–Trinajstić information content (AvgIpc) is 2.54. The molecule has 0 heterocycles. The van der Waals surface area contributed by atoms with Crippen molar-refractivity contribution in [3.8, 4) is 0 Å². The van der Waals surface area contributed by atoms with Crippen molar-refractivity contribution in [3.05, 3.63) is 51.4 Å². The highest BCUT2D eigenvalue weighted by atomic mass is 32.1. The van der Waals surface area contributed by atoms with Crippen molar-refractivity contribution in [2.45, 2.75) is 51.7 Å². The van der Waals surface area contributed by atoms with Crippen LogP contribution in [0.25, 0.3) is 5.57 Å². The fraction of sp³-hybridized carbons (Fsp3) is 0.400. The molecule has 1 rings (SSSR count). The quantitative estimate of drug-likeness (QED) is 0.446. The molecule has 0 aliphatic rings. The summed E-state index contributed by atoms with van der Waals surface area (Å²) >= 11 is 9.51. The molecule has 5 heteroatoms. The molecular formula is C20H31B3S2. The molecule has 0 saturated carbocycles. The standard InChI is InChI=1S/C20H31B3S2/c1-9(2)15(19(24)10(3)4)18(23)16(21)12(6)14-8-11(5)20(25)17(22)13(14)7/h8,10,19,24-25H,1,21-23H2,2-7H3/b16-12-,18-15-. The normalized spacial score (nSPS) is 14.9. The number of benzene rings is 1. The van der Waals surface area contributed by atoms with E-state index in [0.717, 1.165) is 10.5 Å². The fourth-order valence-electron chi connectivity index (χ4n) is 3.27. The Kier molecular flexibility index (Phi) is 7.89. The van der Waals surface area contributed by atoms with Crippen LogP contribution in [0.5, 0.6) is 0 Å². The second-order valence-corrected chi connectivity index (χ2v) is 8.60. The summed E-state index contributed by atoms with van der Waals surface area (Å²) in [7, 11) is 6.57. The Labute approximate surface area is 168 Å². The minimum Gasteiger partial charge on any atom is -0.171 e. The minimum absolute atomic E-state index is 0.199. The van der Waals surface area contributed by atoms with E-state index in [1.165, 1.54) is 44.2 Å². The molecule has 0 nitrogen and oxygen atoms in total. The number of thiol groups is 2. The molecule has 1 aromatic rings. The zero-order valence-electron chi connectivity index (χ0n) is 17.3. The summed E-state index contributed by atoms with van der Waals surface area (Å²) in [5.74, 6) is 0.466. The van der Waals surface area contributed by atoms with Gasteiger partial charge in [0.1, 0.15) is 23.5 Å². The zero-order valence-corrected chi connectivity index (χ0v) is 19.1. The lowest BCUT2D eigenvalue weighted by molar-refractivity contribution is 0.663. The average molecular weight is 368 g/mol. The van der Waals surface area contributed by atoms with Crippen LogP contribution in [0.2, 0.25) is 0 Å². The van der Waals surface area contributed by atoms with E-state index < -0.39 is 0 Å². The molecule has 1 aromatic carbocycles. The Morgan fingerprint density at radius 3 is 2.08 bits per heavy atom. The van der Waals surface area contributed by atoms with E-state index in [2.05, 4.69) is 90.4 Å². The lowest BCUT2D eigenvalue weighted by atomic mass is 9.69. The number of allylic oxidation sites excluding steroid dienone is 4. The van der Waals surface area contributed by atoms with Gasteiger partial charge in [-0.2, -0.15) is 12.6 Å². The maximum atomic E-state index is 4.86. The lowest BCUT2D eigenvalue weighted by Gasteiger charge is -2.24. The van der Waals surface area contributed by atoms with Crippen LogP contribution in [0, 0.1) is 19.8 Å². The molecule has 0 amide bonds. The highest BCUT2D eigenvalue weighted by molar-refractivity contribution is 7.81. The number of aryl methyl sites for hydroxylation is 1. The third-order valence-corrected chi connectivity index (χ3v) is 6.92. The van der Waals surface area contributed by atoms with E-state index >= 15 is 0 Å². The van der Waals surface area contributed by atoms with E-state index in [4.69, 9.17) is 12.6 Å². The van der Waals surface area contributed by atoms with Gasteiger partial charge in [0.2, 0.25) is 0 Å². The van der Waals surface area contributed by atoms with Crippen molar-refractivity contribution < 1.29 is 0 Å². The van der Waals surface area contributed by atoms with E-state index in [0.29, 0.717) is 5.92 Å². The van der Waals surface area contributed by atoms with Gasteiger partial charge in [-0.25, -0.2) is 0 Å². The van der Waals surface area contributed by atoms with Crippen LogP contribution < -0.4 is 5.46 Å². The molecule has 0 saturated heterocycles. The molecule has 0 bridgehead atoms. The Bertz CT molecular complexity index is 759. The van der Waals surface area contributed by atoms with E-state index in [-0.39, 0.29) is 5.25 Å². The summed E-state index contributed by atoms with van der Waals surface area (Å²) < 4.78 is 0. The van der Waals surface area contributed by atoms with Crippen molar-refractivity contribution in [2.24, 2.45) is 5.92 Å². The summed E-state index contributed by atoms with van der Waals surface area (Å²) in [6.45, 7) is 17.3. The van der Waals surface area contributed by atoms with Gasteiger partial charge in [-0.05, 0) is 55.9 Å². The summed E-state index contributed by atoms with van der Waals surface area (Å²) in [4.78, 5) is 1.09. The lowest BCUT2D eigenvalue weighted by Crippen LogP contribution is -2.17. The molecule has 0 aliphatic heterocycles. The van der Waals surface area contributed by atoms with Gasteiger partial charge in [0.05, 0.1) is 0 Å². The van der Waals surface area contributed by atoms with Crippen LogP contribution in [0.15, 0.2) is 39.6 Å². The van der Waals surface area contributed by atoms with E-state index in [9.17, 15) is 0 Å². The second kappa shape index (κ2) is 8.82. The Morgan fingerprint density at radius 2 is 1.64 bits per heavy atom. The third kappa shape index (κ3) is 4.74. The first-order valence-corrected chi connectivity index (χ1v) is 9.90. The summed E-state index contributed by atoms with van der Waals surface area (Å²) in [5.41, 5.74) is 11.4. The molecule has 0 spiro atoms. The molecule has 0 N–H and O–H groups in total. The van der Waals surface area contributed by atoms with Gasteiger partial charge >= 0.3 is 0 Å². The highest BCUT2D eigenvalue weighted by Gasteiger charge is 2.19. The molecule has 132 valence electrons. The van der Waals surface area contributed by atoms with Crippen LogP contribution in [0.3, 0.4) is 0 Å². The first-order valence-electron chi connectivity index (χ1n) is 8.94. The Morgan fingerprint density at radius 1 is 1.12 bits per heavy atom. The summed E-state index contributed by atoms with van der Waals surface area (Å²) in [6, 6.07) is 2.26. The molecule has 25 heavy (non-hydrogen) atoms. The van der Waals surface area contributed by atoms with Crippen LogP contribution in [-0.2, 0) is 0 Å². The number of hydrogen-bond acceptors (Lipinski definition) is 2. The topological polar surface area (TPSA) is 0 Å². The van der Waals surface area contributed by atoms with Gasteiger partial charge in [0.15, 0.2) is 0 Å². The molecule has 0 aliphatic carbocycles. The van der Waals surface area contributed by atoms with Crippen molar-refractivity contribution in [2.75, 3.05) is 0 Å². The van der Waals surface area contributed by atoms with Gasteiger partial charge < -0.3 is 0 Å². The van der Waals surface area contributed by atoms with Gasteiger partial charge in [0, 0.05) is 10.1 Å². The predicted octanol–water partition coefficient (Wildman–Crippen LogP) is 2.63. The van der Waals surface area contributed by atoms with Crippen LogP contribution in [0.4, 0.5) is 0 Å². The van der Waals surface area contributed by atoms with Crippen molar-refractivity contribution in [1.29, 1.82) is 0 Å². The third-order valence-electron chi connectivity index (χ3n) is 5.38. The maximum Gasteiger partial charge on any atom is 0.141 e. The first kappa shape index (κ1) is 22.4. The van der Waals surface area contributed by atoms with Gasteiger partial charge in [-0.15, -0.1) is 12.6 Å². The fourth-order valence-corrected chi connectivity index (χ4v) is 3.92. The zero-order chi connectivity index (χ0) is 19.6. The maximum absolute atomic E-state index is 4.86. The molecule has 1 atom stereocenters. The Balaban J connectivity index is 3.66. The van der Waals surface area contributed by atoms with Crippen LogP contribution in [0.1, 0.15) is 44.4 Å².